The van der Waals surface area contributed by atoms with Gasteiger partial charge in [-0.15, -0.1) is 0 Å². The Bertz CT molecular complexity index is 3740. The minimum atomic E-state index is -1.28. The quantitative estimate of drug-likeness (QED) is 0.0909. The maximum atomic E-state index is 14.4. The van der Waals surface area contributed by atoms with E-state index in [4.69, 9.17) is 19.4 Å². The minimum absolute atomic E-state index is 0.0576. The van der Waals surface area contributed by atoms with Gasteiger partial charge in [-0.25, -0.2) is 0 Å². The van der Waals surface area contributed by atoms with Gasteiger partial charge in [-0.1, -0.05) is 60.7 Å². The van der Waals surface area contributed by atoms with Crippen molar-refractivity contribution in [1.82, 2.24) is 39.5 Å². The summed E-state index contributed by atoms with van der Waals surface area (Å²) in [5.74, 6) is 0.123. The molecule has 14 heteroatoms. The van der Waals surface area contributed by atoms with E-state index in [0.717, 1.165) is 159 Å². The van der Waals surface area contributed by atoms with Crippen LogP contribution in [-0.4, -0.2) is 171 Å². The average molecular weight is 1160 g/mol. The number of aliphatic hydroxyl groups is 4. The number of benzene rings is 2. The molecule has 18 rings (SSSR count). The van der Waals surface area contributed by atoms with Crippen LogP contribution in [0.3, 0.4) is 0 Å². The third kappa shape index (κ3) is 8.39. The molecule has 0 radical (unpaired) electrons. The number of aromatic amines is 2. The molecule has 10 aliphatic heterocycles. The molecular weight excluding hydrogens is 1070 g/mol. The molecule has 452 valence electrons. The third-order valence-electron chi connectivity index (χ3n) is 24.3. The summed E-state index contributed by atoms with van der Waals surface area (Å²) in [6.45, 7) is 6.66. The Balaban J connectivity index is 0.805. The lowest BCUT2D eigenvalue weighted by atomic mass is 9.54. The predicted octanol–water partition coefficient (Wildman–Crippen LogP) is 10.8. The summed E-state index contributed by atoms with van der Waals surface area (Å²) < 4.78 is 16.3. The maximum absolute atomic E-state index is 14.4. The fraction of sp³-hybridized carbons (Fsp3) is 0.583. The van der Waals surface area contributed by atoms with Crippen LogP contribution in [0.1, 0.15) is 140 Å². The van der Waals surface area contributed by atoms with Crippen molar-refractivity contribution in [3.63, 3.8) is 0 Å². The van der Waals surface area contributed by atoms with Gasteiger partial charge in [0.05, 0.1) is 70.1 Å². The van der Waals surface area contributed by atoms with Gasteiger partial charge in [-0.05, 0) is 214 Å². The van der Waals surface area contributed by atoms with Crippen molar-refractivity contribution in [2.45, 2.75) is 188 Å². The zero-order chi connectivity index (χ0) is 57.6. The number of hydrogen-bond donors (Lipinski definition) is 6. The largest absolute Gasteiger partial charge is 0.390 e. The first-order valence-corrected chi connectivity index (χ1v) is 33.6. The number of aliphatic hydroxyl groups excluding tert-OH is 2. The highest BCUT2D eigenvalue weighted by atomic mass is 16.6. The van der Waals surface area contributed by atoms with Gasteiger partial charge in [-0.3, -0.25) is 19.8 Å². The molecule has 14 heterocycles. The van der Waals surface area contributed by atoms with E-state index in [1.54, 1.807) is 0 Å². The Kier molecular flexibility index (Phi) is 13.3. The first-order valence-electron chi connectivity index (χ1n) is 33.6. The van der Waals surface area contributed by atoms with Gasteiger partial charge < -0.3 is 49.7 Å². The molecule has 8 saturated heterocycles. The molecule has 4 aromatic heterocycles. The van der Waals surface area contributed by atoms with E-state index in [1.165, 1.54) is 10.8 Å². The number of hydrogen-bond acceptors (Lipinski definition) is 12. The lowest BCUT2D eigenvalue weighted by Gasteiger charge is -2.58. The summed E-state index contributed by atoms with van der Waals surface area (Å²) in [5, 5.41) is 59.7. The van der Waals surface area contributed by atoms with E-state index in [2.05, 4.69) is 127 Å². The Labute approximate surface area is 505 Å². The van der Waals surface area contributed by atoms with Gasteiger partial charge in [0.2, 0.25) is 0 Å². The van der Waals surface area contributed by atoms with Gasteiger partial charge in [0.25, 0.3) is 0 Å². The van der Waals surface area contributed by atoms with E-state index in [1.807, 2.05) is 12.4 Å². The van der Waals surface area contributed by atoms with Crippen molar-refractivity contribution in [1.29, 1.82) is 0 Å². The topological polar surface area (TPSA) is 170 Å². The predicted molar refractivity (Wildman–Crippen MR) is 337 cm³/mol. The van der Waals surface area contributed by atoms with Crippen LogP contribution in [0.4, 0.5) is 0 Å². The molecule has 12 aliphatic rings. The first-order chi connectivity index (χ1) is 42.0. The van der Waals surface area contributed by atoms with Gasteiger partial charge in [0, 0.05) is 82.0 Å². The van der Waals surface area contributed by atoms with Crippen molar-refractivity contribution in [3.05, 3.63) is 121 Å². The average Bonchev–Trinajstić information content (AvgIpc) is 1.50. The maximum Gasteiger partial charge on any atom is 0.123 e. The number of aromatic nitrogens is 4. The highest BCUT2D eigenvalue weighted by Gasteiger charge is 2.74. The standard InChI is InChI=1S/C72H88N8O6/c81-57-21-31-71-43-67-45-77-35-15-7-4-2-6-14-30-70(84,42-52(53(67)25-37-77)62-64-50(24-34-74-62)48-18-10-12-20-56(48)76-64)66(67)80(71)40-28-60(57)86-72-32-22-59(85-71)58(82)27-39-79(72)65-68(44-72)46-78-36-16-8-3-1-5-13-29-69(65,83)41-51(54(68)26-38-78)61-63-49(23-33-73-61)47-17-9-11-19-55(47)75-63/h1-2,5-6,9-12,17-20,23-24,33-34,41-42,53-54,57-60,65-66,75-76,81-84H,3-4,7-8,13-16,21-22,25-32,35-40,43-46H2/t53-,54-,57+,58-,59+,60-,65+,66+,67-,68-,69-,70-,71+,72+/m0/s1. The highest BCUT2D eigenvalue weighted by Crippen LogP contribution is 2.68. The van der Waals surface area contributed by atoms with Crippen LogP contribution in [0.15, 0.2) is 110 Å². The molecule has 8 fully saturated rings. The Morgan fingerprint density at radius 1 is 0.477 bits per heavy atom. The number of piperidine rings is 2. The van der Waals surface area contributed by atoms with Gasteiger partial charge in [0.15, 0.2) is 0 Å². The first kappa shape index (κ1) is 55.0. The van der Waals surface area contributed by atoms with Crippen molar-refractivity contribution >= 4 is 54.8 Å². The molecule has 2 aliphatic carbocycles. The van der Waals surface area contributed by atoms with Crippen LogP contribution in [0, 0.1) is 22.7 Å². The fourth-order valence-electron chi connectivity index (χ4n) is 21.1. The smallest absolute Gasteiger partial charge is 0.123 e. The molecule has 6 N–H and O–H groups in total. The van der Waals surface area contributed by atoms with Crippen molar-refractivity contribution < 1.29 is 29.9 Å². The Hall–Kier alpha value is -5.10. The minimum Gasteiger partial charge on any atom is -0.390 e. The zero-order valence-electron chi connectivity index (χ0n) is 50.1. The second-order valence-corrected chi connectivity index (χ2v) is 28.9. The monoisotopic (exact) mass is 1160 g/mol. The number of nitrogens with one attached hydrogen (secondary N) is 2. The van der Waals surface area contributed by atoms with Crippen LogP contribution in [0.5, 0.6) is 0 Å². The van der Waals surface area contributed by atoms with Gasteiger partial charge >= 0.3 is 0 Å². The summed E-state index contributed by atoms with van der Waals surface area (Å²) in [5.41, 5.74) is 3.10. The van der Waals surface area contributed by atoms with Crippen molar-refractivity contribution in [2.75, 3.05) is 52.4 Å². The number of rotatable bonds is 2. The summed E-state index contributed by atoms with van der Waals surface area (Å²) in [7, 11) is 0. The number of para-hydroxylation sites is 2. The van der Waals surface area contributed by atoms with Crippen LogP contribution in [-0.2, 0) is 9.47 Å². The van der Waals surface area contributed by atoms with Gasteiger partial charge in [0.1, 0.15) is 11.4 Å². The zero-order valence-corrected chi connectivity index (χ0v) is 50.1. The molecule has 6 aromatic rings. The number of H-pyrrole nitrogens is 2. The van der Waals surface area contributed by atoms with Crippen LogP contribution in [0.25, 0.3) is 54.8 Å². The van der Waals surface area contributed by atoms with Crippen molar-refractivity contribution in [2.24, 2.45) is 22.7 Å². The lowest BCUT2D eigenvalue weighted by Crippen LogP contribution is -2.66. The molecule has 0 saturated carbocycles. The van der Waals surface area contributed by atoms with E-state index >= 15 is 0 Å². The Morgan fingerprint density at radius 2 is 0.953 bits per heavy atom. The van der Waals surface area contributed by atoms with Crippen LogP contribution < -0.4 is 0 Å². The molecule has 4 spiro atoms. The lowest BCUT2D eigenvalue weighted by molar-refractivity contribution is -0.223. The fourth-order valence-corrected chi connectivity index (χ4v) is 21.1. The summed E-state index contributed by atoms with van der Waals surface area (Å²) in [6.07, 6.45) is 30.7. The second kappa shape index (κ2) is 20.7. The van der Waals surface area contributed by atoms with E-state index in [0.29, 0.717) is 77.3 Å². The van der Waals surface area contributed by atoms with Crippen LogP contribution in [0.2, 0.25) is 0 Å². The molecule has 86 heavy (non-hydrogen) atoms. The Morgan fingerprint density at radius 3 is 1.50 bits per heavy atom. The number of ether oxygens (including phenoxy) is 2. The van der Waals surface area contributed by atoms with E-state index in [-0.39, 0.29) is 23.9 Å². The molecule has 14 nitrogen and oxygen atoms in total. The summed E-state index contributed by atoms with van der Waals surface area (Å²) in [6, 6.07) is 20.7. The second-order valence-electron chi connectivity index (χ2n) is 28.9. The number of allylic oxidation sites excluding steroid dienone is 6. The highest BCUT2D eigenvalue weighted by molar-refractivity contribution is 6.11. The van der Waals surface area contributed by atoms with Crippen LogP contribution >= 0.6 is 0 Å². The summed E-state index contributed by atoms with van der Waals surface area (Å²) >= 11 is 0. The molecule has 2 aromatic carbocycles. The molecule has 10 bridgehead atoms. The molecular formula is C72H88N8O6. The van der Waals surface area contributed by atoms with Gasteiger partial charge in [-0.2, -0.15) is 0 Å². The normalized spacial score (nSPS) is 41.3. The third-order valence-corrected chi connectivity index (χ3v) is 24.3. The van der Waals surface area contributed by atoms with E-state index in [9.17, 15) is 20.4 Å². The molecule has 2 unspecified atom stereocenters. The summed E-state index contributed by atoms with van der Waals surface area (Å²) in [4.78, 5) is 28.9. The molecule has 0 amide bonds. The number of pyridine rings is 2. The molecule has 16 atom stereocenters. The SMILES string of the molecule is O[C@@H]1CC[C@@]23C[C@]45CN6CCCCC=CCC[C@](O)(C=C(c7nccc8c7[nH]c7ccccc78)[C@@H]4CC6)[C@@H]5N2CC[C@@H]1O[C@@]12CC[C@@H](O3)[C@@H](O)CCN1[C@@H]1[C@]3(CN4CCCCC=CCC[C@]1(O)C=C(c1nccc5c1[nH]c1ccccc15)[C@@H]3CC4)C2. The number of fused-ring (bicyclic) bond motifs is 11. The number of nitrogens with zero attached hydrogens (tertiary/aromatic N) is 6. The van der Waals surface area contributed by atoms with Crippen molar-refractivity contribution in [3.8, 4) is 0 Å². The van der Waals surface area contributed by atoms with E-state index < -0.39 is 57.9 Å².